The van der Waals surface area contributed by atoms with E-state index in [9.17, 15) is 0 Å². The molecule has 0 amide bonds. The lowest BCUT2D eigenvalue weighted by molar-refractivity contribution is -0.759. The van der Waals surface area contributed by atoms with E-state index in [2.05, 4.69) is 43.2 Å². The van der Waals surface area contributed by atoms with Crippen molar-refractivity contribution < 1.29 is 17.1 Å². The van der Waals surface area contributed by atoms with Gasteiger partial charge in [-0.2, -0.15) is 4.68 Å². The molecule has 0 saturated carbocycles. The van der Waals surface area contributed by atoms with Gasteiger partial charge in [0, 0.05) is 13.0 Å². The number of aryl methyl sites for hydroxylation is 2. The first-order valence-electron chi connectivity index (χ1n) is 10.7. The molecule has 0 aliphatic carbocycles. The quantitative estimate of drug-likeness (QED) is 0.330. The molecule has 0 atom stereocenters. The maximum atomic E-state index is 2.41. The molecule has 0 saturated heterocycles. The van der Waals surface area contributed by atoms with Crippen molar-refractivity contribution in [3.05, 3.63) is 17.5 Å². The minimum Gasteiger partial charge on any atom is -1.00 e. The van der Waals surface area contributed by atoms with Crippen molar-refractivity contribution in [2.75, 3.05) is 0 Å². The molecule has 0 fully saturated rings. The van der Waals surface area contributed by atoms with Gasteiger partial charge in [0.1, 0.15) is 0 Å². The monoisotopic (exact) mass is 370 g/mol. The van der Waals surface area contributed by atoms with Crippen LogP contribution in [0.1, 0.15) is 108 Å². The molecule has 1 aromatic heterocycles. The Morgan fingerprint density at radius 2 is 1.12 bits per heavy atom. The number of halogens is 1. The summed E-state index contributed by atoms with van der Waals surface area (Å²) in [7, 11) is 2.17. The number of unbranched alkanes of at least 4 members (excludes halogenated alkanes) is 13. The molecule has 0 aliphatic heterocycles. The zero-order valence-electron chi connectivity index (χ0n) is 17.5. The van der Waals surface area contributed by atoms with E-state index in [0.29, 0.717) is 0 Å². The highest BCUT2D eigenvalue weighted by Crippen LogP contribution is 2.13. The SMILES string of the molecule is CCCCCCCCCCCCCCCCn1c(C)cc(C)[n+]1C.[Cl-]. The predicted molar refractivity (Wildman–Crippen MR) is 105 cm³/mol. The van der Waals surface area contributed by atoms with Crippen molar-refractivity contribution in [1.29, 1.82) is 0 Å². The van der Waals surface area contributed by atoms with Crippen LogP contribution in [0.25, 0.3) is 0 Å². The van der Waals surface area contributed by atoms with Gasteiger partial charge in [-0.1, -0.05) is 90.4 Å². The standard InChI is InChI=1S/C22H43N2.ClH/c1-5-6-7-8-9-10-11-12-13-14-15-16-17-18-19-24-22(3)20-21(2)23(24)4;/h20H,5-19H2,1-4H3;1H/q+1;/p-1. The Kier molecular flexibility index (Phi) is 15.4. The van der Waals surface area contributed by atoms with Crippen LogP contribution in [0.5, 0.6) is 0 Å². The lowest BCUT2D eigenvalue weighted by Gasteiger charge is -2.04. The molecule has 1 aromatic rings. The molecule has 0 radical (unpaired) electrons. The molecule has 0 unspecified atom stereocenters. The number of hydrogen-bond acceptors (Lipinski definition) is 0. The second-order valence-corrected chi connectivity index (χ2v) is 7.67. The average Bonchev–Trinajstić information content (AvgIpc) is 2.81. The fourth-order valence-corrected chi connectivity index (χ4v) is 3.68. The molecule has 1 heterocycles. The highest BCUT2D eigenvalue weighted by molar-refractivity contribution is 5.01. The maximum absolute atomic E-state index is 2.41. The van der Waals surface area contributed by atoms with Crippen LogP contribution in [0.15, 0.2) is 6.07 Å². The second kappa shape index (κ2) is 15.7. The largest absolute Gasteiger partial charge is 1.00 e. The van der Waals surface area contributed by atoms with Crippen molar-refractivity contribution in [2.24, 2.45) is 7.05 Å². The van der Waals surface area contributed by atoms with Gasteiger partial charge in [0.05, 0.1) is 12.2 Å². The molecule has 2 nitrogen and oxygen atoms in total. The van der Waals surface area contributed by atoms with Crippen molar-refractivity contribution in [3.63, 3.8) is 0 Å². The van der Waals surface area contributed by atoms with Gasteiger partial charge in [0.15, 0.2) is 7.05 Å². The van der Waals surface area contributed by atoms with Gasteiger partial charge >= 0.3 is 0 Å². The molecule has 1 rings (SSSR count). The molecule has 148 valence electrons. The number of rotatable bonds is 15. The van der Waals surface area contributed by atoms with Crippen LogP contribution < -0.4 is 17.1 Å². The Morgan fingerprint density at radius 1 is 0.720 bits per heavy atom. The fourth-order valence-electron chi connectivity index (χ4n) is 3.68. The van der Waals surface area contributed by atoms with E-state index in [0.717, 1.165) is 0 Å². The average molecular weight is 371 g/mol. The molecule has 3 heteroatoms. The predicted octanol–water partition coefficient (Wildman–Crippen LogP) is 3.41. The van der Waals surface area contributed by atoms with E-state index in [-0.39, 0.29) is 12.4 Å². The molecule has 0 spiro atoms. The van der Waals surface area contributed by atoms with E-state index >= 15 is 0 Å². The zero-order valence-corrected chi connectivity index (χ0v) is 18.2. The fraction of sp³-hybridized carbons (Fsp3) is 0.864. The van der Waals surface area contributed by atoms with E-state index in [4.69, 9.17) is 0 Å². The van der Waals surface area contributed by atoms with Crippen LogP contribution in [0, 0.1) is 13.8 Å². The van der Waals surface area contributed by atoms with E-state index < -0.39 is 0 Å². The van der Waals surface area contributed by atoms with E-state index in [1.54, 1.807) is 0 Å². The van der Waals surface area contributed by atoms with Crippen LogP contribution in [0.3, 0.4) is 0 Å². The van der Waals surface area contributed by atoms with Gasteiger partial charge in [-0.05, 0) is 13.3 Å². The van der Waals surface area contributed by atoms with Crippen LogP contribution in [0.2, 0.25) is 0 Å². The van der Waals surface area contributed by atoms with Crippen LogP contribution in [0.4, 0.5) is 0 Å². The van der Waals surface area contributed by atoms with Crippen LogP contribution >= 0.6 is 0 Å². The van der Waals surface area contributed by atoms with Gasteiger partial charge in [0.2, 0.25) is 5.69 Å². The summed E-state index contributed by atoms with van der Waals surface area (Å²) in [6, 6.07) is 2.28. The van der Waals surface area contributed by atoms with Gasteiger partial charge in [-0.25, -0.2) is 0 Å². The number of hydrogen-bond donors (Lipinski definition) is 0. The molecular weight excluding hydrogens is 328 g/mol. The molecule has 0 bridgehead atoms. The Bertz CT molecular complexity index is 426. The zero-order chi connectivity index (χ0) is 17.6. The number of aromatic nitrogens is 2. The summed E-state index contributed by atoms with van der Waals surface area (Å²) in [4.78, 5) is 0. The molecule has 0 aromatic carbocycles. The van der Waals surface area contributed by atoms with Crippen molar-refractivity contribution in [3.8, 4) is 0 Å². The summed E-state index contributed by atoms with van der Waals surface area (Å²) < 4.78 is 4.70. The van der Waals surface area contributed by atoms with Crippen LogP contribution in [-0.4, -0.2) is 4.68 Å². The molecule has 0 aliphatic rings. The highest BCUT2D eigenvalue weighted by Gasteiger charge is 2.11. The summed E-state index contributed by atoms with van der Waals surface area (Å²) in [5.74, 6) is 0. The van der Waals surface area contributed by atoms with Crippen molar-refractivity contribution in [2.45, 2.75) is 117 Å². The van der Waals surface area contributed by atoms with Crippen molar-refractivity contribution in [1.82, 2.24) is 4.68 Å². The van der Waals surface area contributed by atoms with Crippen LogP contribution in [-0.2, 0) is 13.6 Å². The van der Waals surface area contributed by atoms with Gasteiger partial charge < -0.3 is 12.4 Å². The van der Waals surface area contributed by atoms with Gasteiger partial charge in [0.25, 0.3) is 0 Å². The summed E-state index contributed by atoms with van der Waals surface area (Å²) in [6.45, 7) is 7.88. The lowest BCUT2D eigenvalue weighted by atomic mass is 10.0. The third-order valence-electron chi connectivity index (χ3n) is 5.42. The third kappa shape index (κ3) is 10.9. The van der Waals surface area contributed by atoms with Gasteiger partial charge in [-0.3, -0.25) is 0 Å². The second-order valence-electron chi connectivity index (χ2n) is 7.67. The molecular formula is C22H43ClN2. The summed E-state index contributed by atoms with van der Waals surface area (Å²) in [5.41, 5.74) is 2.75. The van der Waals surface area contributed by atoms with E-state index in [1.165, 1.54) is 108 Å². The highest BCUT2D eigenvalue weighted by atomic mass is 35.5. The Hall–Kier alpha value is -0.500. The smallest absolute Gasteiger partial charge is 0.204 e. The third-order valence-corrected chi connectivity index (χ3v) is 5.42. The Labute approximate surface area is 163 Å². The normalized spacial score (nSPS) is 10.9. The lowest BCUT2D eigenvalue weighted by Crippen LogP contribution is -3.00. The topological polar surface area (TPSA) is 8.81 Å². The first-order chi connectivity index (χ1) is 11.7. The minimum absolute atomic E-state index is 0. The Morgan fingerprint density at radius 3 is 1.48 bits per heavy atom. The van der Waals surface area contributed by atoms with E-state index in [1.807, 2.05) is 0 Å². The molecule has 0 N–H and O–H groups in total. The summed E-state index contributed by atoms with van der Waals surface area (Å²) in [5, 5.41) is 0. The number of nitrogens with zero attached hydrogens (tertiary/aromatic N) is 2. The van der Waals surface area contributed by atoms with Crippen molar-refractivity contribution >= 4 is 0 Å². The maximum Gasteiger partial charge on any atom is 0.204 e. The van der Waals surface area contributed by atoms with Gasteiger partial charge in [-0.15, -0.1) is 4.68 Å². The first-order valence-corrected chi connectivity index (χ1v) is 10.7. The minimum atomic E-state index is 0. The summed E-state index contributed by atoms with van der Waals surface area (Å²) in [6.07, 6.45) is 20.0. The molecule has 25 heavy (non-hydrogen) atoms. The summed E-state index contributed by atoms with van der Waals surface area (Å²) >= 11 is 0. The Balaban J connectivity index is 0.00000576. The first kappa shape index (κ1) is 24.5.